The number of hydrogen-bond donors (Lipinski definition) is 2. The van der Waals surface area contributed by atoms with Crippen molar-refractivity contribution < 1.29 is 19.4 Å². The van der Waals surface area contributed by atoms with Crippen molar-refractivity contribution in [3.05, 3.63) is 62.0 Å². The number of carbonyl (C=O) groups is 2. The lowest BCUT2D eigenvalue weighted by Crippen LogP contribution is -2.14. The van der Waals surface area contributed by atoms with Crippen molar-refractivity contribution >= 4 is 55.5 Å². The summed E-state index contributed by atoms with van der Waals surface area (Å²) in [5.74, 6) is -1.31. The Labute approximate surface area is 172 Å². The highest BCUT2D eigenvalue weighted by molar-refractivity contribution is 9.11. The lowest BCUT2D eigenvalue weighted by atomic mass is 10.1. The van der Waals surface area contributed by atoms with Crippen molar-refractivity contribution in [2.75, 3.05) is 11.9 Å². The van der Waals surface area contributed by atoms with Crippen molar-refractivity contribution in [3.8, 4) is 11.8 Å². The molecular formula is C19H14Br2N2O4. The highest BCUT2D eigenvalue weighted by Crippen LogP contribution is 2.35. The van der Waals surface area contributed by atoms with Gasteiger partial charge in [0.25, 0.3) is 5.91 Å². The number of aryl methyl sites for hydroxylation is 1. The van der Waals surface area contributed by atoms with Crippen LogP contribution in [-0.4, -0.2) is 23.6 Å². The zero-order chi connectivity index (χ0) is 20.0. The number of benzene rings is 2. The van der Waals surface area contributed by atoms with Crippen LogP contribution in [-0.2, 0) is 9.59 Å². The summed E-state index contributed by atoms with van der Waals surface area (Å²) in [6.45, 7) is 1.37. The highest BCUT2D eigenvalue weighted by Gasteiger charge is 2.14. The van der Waals surface area contributed by atoms with Crippen molar-refractivity contribution in [2.24, 2.45) is 0 Å². The molecule has 0 aliphatic rings. The van der Waals surface area contributed by atoms with E-state index in [4.69, 9.17) is 9.84 Å². The first-order chi connectivity index (χ1) is 12.8. The monoisotopic (exact) mass is 492 g/mol. The molecule has 0 aliphatic carbocycles. The van der Waals surface area contributed by atoms with Crippen LogP contribution >= 0.6 is 31.9 Å². The van der Waals surface area contributed by atoms with Crippen LogP contribution in [0.4, 0.5) is 5.69 Å². The van der Waals surface area contributed by atoms with E-state index in [-0.39, 0.29) is 5.57 Å². The number of nitriles is 1. The number of hydrogen-bond acceptors (Lipinski definition) is 4. The van der Waals surface area contributed by atoms with Crippen LogP contribution in [0.1, 0.15) is 11.1 Å². The molecule has 0 fully saturated rings. The Kier molecular flexibility index (Phi) is 7.16. The van der Waals surface area contributed by atoms with Gasteiger partial charge in [-0.3, -0.25) is 4.79 Å². The first-order valence-electron chi connectivity index (χ1n) is 7.64. The molecule has 0 radical (unpaired) electrons. The van der Waals surface area contributed by atoms with E-state index in [1.54, 1.807) is 24.3 Å². The van der Waals surface area contributed by atoms with Gasteiger partial charge in [0.2, 0.25) is 0 Å². The number of rotatable bonds is 6. The summed E-state index contributed by atoms with van der Waals surface area (Å²) in [7, 11) is 0. The average molecular weight is 494 g/mol. The molecule has 0 aliphatic heterocycles. The topological polar surface area (TPSA) is 99.4 Å². The number of aliphatic carboxylic acids is 1. The minimum atomic E-state index is -1.10. The summed E-state index contributed by atoms with van der Waals surface area (Å²) in [6, 6.07) is 12.4. The number of carbonyl (C=O) groups excluding carboxylic acids is 1. The summed E-state index contributed by atoms with van der Waals surface area (Å²) >= 11 is 6.60. The average Bonchev–Trinajstić information content (AvgIpc) is 2.60. The quantitative estimate of drug-likeness (QED) is 0.455. The van der Waals surface area contributed by atoms with E-state index in [0.717, 1.165) is 5.56 Å². The molecule has 2 aromatic carbocycles. The van der Waals surface area contributed by atoms with Gasteiger partial charge in [0.05, 0.1) is 8.95 Å². The second-order valence-electron chi connectivity index (χ2n) is 5.43. The van der Waals surface area contributed by atoms with Crippen LogP contribution in [0.5, 0.6) is 5.75 Å². The van der Waals surface area contributed by atoms with E-state index in [9.17, 15) is 14.9 Å². The molecule has 138 valence electrons. The third kappa shape index (κ3) is 5.67. The Hall–Kier alpha value is -2.63. The predicted molar refractivity (Wildman–Crippen MR) is 108 cm³/mol. The summed E-state index contributed by atoms with van der Waals surface area (Å²) in [6.07, 6.45) is 1.43. The minimum Gasteiger partial charge on any atom is -0.480 e. The standard InChI is InChI=1S/C19H14Br2N2O4/c1-11-4-2-3-5-16(11)23-19(26)13(9-22)6-12-7-14(20)18(15(21)8-12)27-10-17(24)25/h2-8H,10H2,1H3,(H,23,26)(H,24,25)/b13-6+. The first-order valence-corrected chi connectivity index (χ1v) is 9.23. The van der Waals surface area contributed by atoms with Gasteiger partial charge >= 0.3 is 5.97 Å². The maximum Gasteiger partial charge on any atom is 0.341 e. The molecule has 6 nitrogen and oxygen atoms in total. The predicted octanol–water partition coefficient (Wildman–Crippen LogP) is 4.53. The van der Waals surface area contributed by atoms with Crippen LogP contribution < -0.4 is 10.1 Å². The fourth-order valence-corrected chi connectivity index (χ4v) is 3.60. The molecule has 0 bridgehead atoms. The van der Waals surface area contributed by atoms with E-state index in [0.29, 0.717) is 25.9 Å². The number of anilines is 1. The van der Waals surface area contributed by atoms with Crippen LogP contribution in [0.3, 0.4) is 0 Å². The van der Waals surface area contributed by atoms with Gasteiger partial charge in [0, 0.05) is 5.69 Å². The second kappa shape index (κ2) is 9.35. The lowest BCUT2D eigenvalue weighted by Gasteiger charge is -2.10. The number of carboxylic acids is 1. The number of amides is 1. The maximum absolute atomic E-state index is 12.4. The zero-order valence-corrected chi connectivity index (χ0v) is 17.3. The Morgan fingerprint density at radius 3 is 2.44 bits per heavy atom. The van der Waals surface area contributed by atoms with Crippen molar-refractivity contribution in [1.29, 1.82) is 5.26 Å². The Morgan fingerprint density at radius 1 is 1.26 bits per heavy atom. The molecule has 0 heterocycles. The fourth-order valence-electron chi connectivity index (χ4n) is 2.15. The summed E-state index contributed by atoms with van der Waals surface area (Å²) in [4.78, 5) is 23.0. The van der Waals surface area contributed by atoms with E-state index < -0.39 is 18.5 Å². The van der Waals surface area contributed by atoms with Crippen molar-refractivity contribution in [2.45, 2.75) is 6.92 Å². The Balaban J connectivity index is 2.27. The van der Waals surface area contributed by atoms with Gasteiger partial charge in [-0.2, -0.15) is 5.26 Å². The largest absolute Gasteiger partial charge is 0.480 e. The Bertz CT molecular complexity index is 941. The molecule has 1 amide bonds. The zero-order valence-electron chi connectivity index (χ0n) is 14.1. The molecular weight excluding hydrogens is 480 g/mol. The molecule has 0 saturated carbocycles. The highest BCUT2D eigenvalue weighted by atomic mass is 79.9. The van der Waals surface area contributed by atoms with E-state index >= 15 is 0 Å². The van der Waals surface area contributed by atoms with E-state index in [1.807, 2.05) is 25.1 Å². The number of nitrogens with zero attached hydrogens (tertiary/aromatic N) is 1. The molecule has 0 unspecified atom stereocenters. The number of para-hydroxylation sites is 1. The van der Waals surface area contributed by atoms with Gasteiger partial charge in [0.1, 0.15) is 17.4 Å². The molecule has 2 aromatic rings. The number of ether oxygens (including phenoxy) is 1. The van der Waals surface area contributed by atoms with Gasteiger partial charge in [-0.25, -0.2) is 4.79 Å². The molecule has 2 rings (SSSR count). The minimum absolute atomic E-state index is 0.0729. The van der Waals surface area contributed by atoms with Gasteiger partial charge < -0.3 is 15.2 Å². The molecule has 8 heteroatoms. The van der Waals surface area contributed by atoms with E-state index in [1.165, 1.54) is 6.08 Å². The first kappa shape index (κ1) is 20.7. The molecule has 0 saturated heterocycles. The summed E-state index contributed by atoms with van der Waals surface area (Å²) < 4.78 is 6.17. The summed E-state index contributed by atoms with van der Waals surface area (Å²) in [5, 5.41) is 20.8. The molecule has 27 heavy (non-hydrogen) atoms. The SMILES string of the molecule is Cc1ccccc1NC(=O)/C(C#N)=C/c1cc(Br)c(OCC(=O)O)c(Br)c1. The van der Waals surface area contributed by atoms with Crippen LogP contribution in [0.25, 0.3) is 6.08 Å². The normalized spacial score (nSPS) is 10.8. The summed E-state index contributed by atoms with van der Waals surface area (Å²) in [5.41, 5.74) is 2.00. The van der Waals surface area contributed by atoms with Crippen LogP contribution in [0, 0.1) is 18.3 Å². The third-order valence-electron chi connectivity index (χ3n) is 3.43. The Morgan fingerprint density at radius 2 is 1.89 bits per heavy atom. The molecule has 0 aromatic heterocycles. The maximum atomic E-state index is 12.4. The number of carboxylic acid groups (broad SMARTS) is 1. The molecule has 0 spiro atoms. The van der Waals surface area contributed by atoms with Gasteiger partial charge in [-0.1, -0.05) is 18.2 Å². The van der Waals surface area contributed by atoms with Crippen LogP contribution in [0.2, 0.25) is 0 Å². The van der Waals surface area contributed by atoms with Gasteiger partial charge in [-0.15, -0.1) is 0 Å². The fraction of sp³-hybridized carbons (Fsp3) is 0.105. The van der Waals surface area contributed by atoms with Crippen LogP contribution in [0.15, 0.2) is 50.9 Å². The molecule has 0 atom stereocenters. The molecule has 2 N–H and O–H groups in total. The van der Waals surface area contributed by atoms with Gasteiger partial charge in [-0.05, 0) is 74.2 Å². The van der Waals surface area contributed by atoms with Gasteiger partial charge in [0.15, 0.2) is 6.61 Å². The van der Waals surface area contributed by atoms with Crippen molar-refractivity contribution in [1.82, 2.24) is 0 Å². The lowest BCUT2D eigenvalue weighted by molar-refractivity contribution is -0.139. The van der Waals surface area contributed by atoms with E-state index in [2.05, 4.69) is 37.2 Å². The number of halogens is 2. The third-order valence-corrected chi connectivity index (χ3v) is 4.61. The smallest absolute Gasteiger partial charge is 0.341 e. The van der Waals surface area contributed by atoms with Crippen molar-refractivity contribution in [3.63, 3.8) is 0 Å². The second-order valence-corrected chi connectivity index (χ2v) is 7.14. The number of nitrogens with one attached hydrogen (secondary N) is 1.